The molecule has 2 fully saturated rings. The zero-order valence-corrected chi connectivity index (χ0v) is 18.1. The summed E-state index contributed by atoms with van der Waals surface area (Å²) in [6.45, 7) is 6.49. The lowest BCUT2D eigenvalue weighted by Crippen LogP contribution is -2.49. The summed E-state index contributed by atoms with van der Waals surface area (Å²) in [5.74, 6) is 1.51. The smallest absolute Gasteiger partial charge is 0.226 e. The number of nitrogens with zero attached hydrogens (tertiary/aromatic N) is 2. The van der Waals surface area contributed by atoms with E-state index in [4.69, 9.17) is 4.74 Å². The van der Waals surface area contributed by atoms with Gasteiger partial charge in [-0.3, -0.25) is 9.69 Å². The summed E-state index contributed by atoms with van der Waals surface area (Å²) in [4.78, 5) is 18.0. The zero-order valence-electron chi connectivity index (χ0n) is 18.1. The van der Waals surface area contributed by atoms with Gasteiger partial charge in [-0.1, -0.05) is 48.9 Å². The number of ether oxygens (including phenoxy) is 1. The number of piperidine rings is 1. The van der Waals surface area contributed by atoms with Crippen LogP contribution >= 0.6 is 0 Å². The molecular formula is C26H34N2O2. The average molecular weight is 407 g/mol. The number of hydrogen-bond donors (Lipinski definition) is 0. The van der Waals surface area contributed by atoms with Gasteiger partial charge < -0.3 is 9.64 Å². The van der Waals surface area contributed by atoms with Crippen molar-refractivity contribution in [3.05, 3.63) is 65.7 Å². The molecule has 1 amide bonds. The van der Waals surface area contributed by atoms with Crippen molar-refractivity contribution in [1.29, 1.82) is 0 Å². The lowest BCUT2D eigenvalue weighted by Gasteiger charge is -2.41. The van der Waals surface area contributed by atoms with Crippen LogP contribution in [0.2, 0.25) is 0 Å². The maximum atomic E-state index is 13.3. The molecule has 0 radical (unpaired) electrons. The van der Waals surface area contributed by atoms with E-state index in [0.29, 0.717) is 25.1 Å². The summed E-state index contributed by atoms with van der Waals surface area (Å²) in [6, 6.07) is 19.3. The van der Waals surface area contributed by atoms with Gasteiger partial charge in [-0.05, 0) is 55.9 Å². The van der Waals surface area contributed by atoms with Crippen molar-refractivity contribution in [2.45, 2.75) is 58.2 Å². The summed E-state index contributed by atoms with van der Waals surface area (Å²) < 4.78 is 5.57. The van der Waals surface area contributed by atoms with Gasteiger partial charge in [-0.2, -0.15) is 0 Å². The molecule has 1 aliphatic carbocycles. The van der Waals surface area contributed by atoms with E-state index in [2.05, 4.69) is 52.3 Å². The van der Waals surface area contributed by atoms with E-state index in [-0.39, 0.29) is 5.92 Å². The lowest BCUT2D eigenvalue weighted by atomic mass is 9.83. The topological polar surface area (TPSA) is 32.8 Å². The van der Waals surface area contributed by atoms with Crippen LogP contribution in [0, 0.1) is 5.92 Å². The molecule has 1 aliphatic heterocycles. The SMILES string of the molecule is CCOc1ccc(CN(C(=O)C2CCC2)C2CCN(Cc3ccccc3)CC2)cc1. The van der Waals surface area contributed by atoms with E-state index in [9.17, 15) is 4.79 Å². The van der Waals surface area contributed by atoms with Crippen LogP contribution in [0.4, 0.5) is 0 Å². The van der Waals surface area contributed by atoms with Crippen molar-refractivity contribution in [3.63, 3.8) is 0 Å². The monoisotopic (exact) mass is 406 g/mol. The number of carbonyl (C=O) groups excluding carboxylic acids is 1. The summed E-state index contributed by atoms with van der Waals surface area (Å²) in [6.07, 6.45) is 5.43. The lowest BCUT2D eigenvalue weighted by molar-refractivity contribution is -0.142. The number of rotatable bonds is 8. The number of amides is 1. The summed E-state index contributed by atoms with van der Waals surface area (Å²) in [5, 5.41) is 0. The largest absolute Gasteiger partial charge is 0.494 e. The Morgan fingerprint density at radius 2 is 1.67 bits per heavy atom. The third kappa shape index (κ3) is 5.23. The molecule has 2 aromatic carbocycles. The standard InChI is InChI=1S/C26H34N2O2/c1-2-30-25-13-11-22(12-14-25)20-28(26(29)23-9-6-10-23)24-15-17-27(18-16-24)19-21-7-4-3-5-8-21/h3-5,7-8,11-14,23-24H,2,6,9-10,15-20H2,1H3. The van der Waals surface area contributed by atoms with Gasteiger partial charge in [0.2, 0.25) is 5.91 Å². The van der Waals surface area contributed by atoms with Gasteiger partial charge in [0.15, 0.2) is 0 Å². The van der Waals surface area contributed by atoms with Crippen molar-refractivity contribution in [3.8, 4) is 5.75 Å². The highest BCUT2D eigenvalue weighted by Gasteiger charge is 2.34. The van der Waals surface area contributed by atoms with Gasteiger partial charge >= 0.3 is 0 Å². The minimum Gasteiger partial charge on any atom is -0.494 e. The second-order valence-electron chi connectivity index (χ2n) is 8.66. The number of hydrogen-bond acceptors (Lipinski definition) is 3. The fourth-order valence-corrected chi connectivity index (χ4v) is 4.56. The Kier molecular flexibility index (Phi) is 7.06. The molecule has 0 N–H and O–H groups in total. The highest BCUT2D eigenvalue weighted by atomic mass is 16.5. The van der Waals surface area contributed by atoms with E-state index in [1.807, 2.05) is 19.1 Å². The summed E-state index contributed by atoms with van der Waals surface area (Å²) >= 11 is 0. The fraction of sp³-hybridized carbons (Fsp3) is 0.500. The molecule has 2 aromatic rings. The first-order chi connectivity index (χ1) is 14.7. The number of carbonyl (C=O) groups is 1. The Bertz CT molecular complexity index is 794. The minimum atomic E-state index is 0.245. The third-order valence-electron chi connectivity index (χ3n) is 6.57. The van der Waals surface area contributed by atoms with Crippen LogP contribution in [0.25, 0.3) is 0 Å². The highest BCUT2D eigenvalue weighted by Crippen LogP contribution is 2.31. The van der Waals surface area contributed by atoms with E-state index in [0.717, 1.165) is 51.1 Å². The molecule has 0 atom stereocenters. The normalized spacial score (nSPS) is 18.0. The van der Waals surface area contributed by atoms with Crippen LogP contribution in [0.5, 0.6) is 5.75 Å². The predicted octanol–water partition coefficient (Wildman–Crippen LogP) is 4.88. The predicted molar refractivity (Wildman–Crippen MR) is 120 cm³/mol. The molecule has 0 spiro atoms. The highest BCUT2D eigenvalue weighted by molar-refractivity contribution is 5.80. The first-order valence-corrected chi connectivity index (χ1v) is 11.5. The molecule has 1 saturated carbocycles. The Labute approximate surface area is 180 Å². The maximum absolute atomic E-state index is 13.3. The molecule has 1 saturated heterocycles. The van der Waals surface area contributed by atoms with Gasteiger partial charge in [0.05, 0.1) is 6.61 Å². The van der Waals surface area contributed by atoms with Crippen LogP contribution in [-0.4, -0.2) is 41.4 Å². The second-order valence-corrected chi connectivity index (χ2v) is 8.66. The van der Waals surface area contributed by atoms with Crippen molar-refractivity contribution >= 4 is 5.91 Å². The molecule has 0 bridgehead atoms. The molecule has 0 unspecified atom stereocenters. The molecule has 4 nitrogen and oxygen atoms in total. The van der Waals surface area contributed by atoms with Gasteiger partial charge in [-0.15, -0.1) is 0 Å². The minimum absolute atomic E-state index is 0.245. The van der Waals surface area contributed by atoms with Crippen LogP contribution in [0.1, 0.15) is 50.2 Å². The van der Waals surface area contributed by atoms with Gasteiger partial charge in [0, 0.05) is 38.1 Å². The molecule has 160 valence electrons. The quantitative estimate of drug-likeness (QED) is 0.626. The van der Waals surface area contributed by atoms with Crippen LogP contribution in [0.3, 0.4) is 0 Å². The van der Waals surface area contributed by atoms with Gasteiger partial charge in [0.25, 0.3) is 0 Å². The number of benzene rings is 2. The zero-order chi connectivity index (χ0) is 20.8. The van der Waals surface area contributed by atoms with Crippen molar-refractivity contribution in [1.82, 2.24) is 9.80 Å². The Hall–Kier alpha value is -2.33. The molecule has 4 heteroatoms. The Morgan fingerprint density at radius 3 is 2.27 bits per heavy atom. The van der Waals surface area contributed by atoms with Crippen molar-refractivity contribution in [2.75, 3.05) is 19.7 Å². The van der Waals surface area contributed by atoms with E-state index in [1.165, 1.54) is 17.5 Å². The van der Waals surface area contributed by atoms with Crippen molar-refractivity contribution in [2.24, 2.45) is 5.92 Å². The first-order valence-electron chi connectivity index (χ1n) is 11.5. The van der Waals surface area contributed by atoms with E-state index in [1.54, 1.807) is 0 Å². The van der Waals surface area contributed by atoms with Crippen LogP contribution < -0.4 is 4.74 Å². The van der Waals surface area contributed by atoms with Crippen LogP contribution in [0.15, 0.2) is 54.6 Å². The Balaban J connectivity index is 1.39. The molecule has 4 rings (SSSR count). The molecular weight excluding hydrogens is 372 g/mol. The van der Waals surface area contributed by atoms with Crippen LogP contribution in [-0.2, 0) is 17.9 Å². The first kappa shape index (κ1) is 20.9. The fourth-order valence-electron chi connectivity index (χ4n) is 4.56. The molecule has 0 aromatic heterocycles. The number of likely N-dealkylation sites (tertiary alicyclic amines) is 1. The van der Waals surface area contributed by atoms with E-state index >= 15 is 0 Å². The summed E-state index contributed by atoms with van der Waals surface area (Å²) in [5.41, 5.74) is 2.56. The average Bonchev–Trinajstić information content (AvgIpc) is 2.74. The maximum Gasteiger partial charge on any atom is 0.226 e. The molecule has 2 aliphatic rings. The van der Waals surface area contributed by atoms with Gasteiger partial charge in [-0.25, -0.2) is 0 Å². The van der Waals surface area contributed by atoms with Crippen molar-refractivity contribution < 1.29 is 9.53 Å². The van der Waals surface area contributed by atoms with E-state index < -0.39 is 0 Å². The third-order valence-corrected chi connectivity index (χ3v) is 6.57. The molecule has 30 heavy (non-hydrogen) atoms. The Morgan fingerprint density at radius 1 is 0.967 bits per heavy atom. The summed E-state index contributed by atoms with van der Waals surface area (Å²) in [7, 11) is 0. The van der Waals surface area contributed by atoms with Gasteiger partial charge in [0.1, 0.15) is 5.75 Å². The molecule has 1 heterocycles. The second kappa shape index (κ2) is 10.1.